The van der Waals surface area contributed by atoms with Gasteiger partial charge < -0.3 is 25.1 Å². The van der Waals surface area contributed by atoms with Crippen molar-refractivity contribution < 1.29 is 14.3 Å². The van der Waals surface area contributed by atoms with Crippen molar-refractivity contribution in [2.24, 2.45) is 5.92 Å². The van der Waals surface area contributed by atoms with Crippen LogP contribution in [0, 0.1) is 5.92 Å². The van der Waals surface area contributed by atoms with Gasteiger partial charge in [-0.2, -0.15) is 4.98 Å². The normalized spacial score (nSPS) is 13.7. The number of rotatable bonds is 7. The Labute approximate surface area is 191 Å². The Balaban J connectivity index is 1.83. The number of nitrogens with zero attached hydrogens (tertiary/aromatic N) is 4. The lowest BCUT2D eigenvalue weighted by Crippen LogP contribution is -2.44. The number of carbonyl (C=O) groups is 1. The first-order chi connectivity index (χ1) is 15.5. The van der Waals surface area contributed by atoms with Crippen molar-refractivity contribution in [2.75, 3.05) is 5.73 Å². The highest BCUT2D eigenvalue weighted by Gasteiger charge is 2.32. The molecular weight excluding hydrogens is 424 g/mol. The molecule has 0 radical (unpaired) electrons. The van der Waals surface area contributed by atoms with Crippen molar-refractivity contribution in [1.29, 1.82) is 0 Å². The molecule has 0 saturated heterocycles. The minimum atomic E-state index is -1.19. The van der Waals surface area contributed by atoms with Crippen molar-refractivity contribution in [3.05, 3.63) is 58.7 Å². The van der Waals surface area contributed by atoms with Crippen molar-refractivity contribution in [3.63, 3.8) is 0 Å². The molecule has 3 rings (SSSR count). The van der Waals surface area contributed by atoms with Crippen LogP contribution in [0.5, 0.6) is 0 Å². The summed E-state index contributed by atoms with van der Waals surface area (Å²) in [6.45, 7) is 9.34. The number of aromatic nitrogens is 4. The smallest absolute Gasteiger partial charge is 0.296 e. The summed E-state index contributed by atoms with van der Waals surface area (Å²) in [5.74, 6) is 0.217. The fourth-order valence-electron chi connectivity index (χ4n) is 3.25. The fourth-order valence-corrected chi connectivity index (χ4v) is 3.25. The molecule has 10 heteroatoms. The molecule has 0 spiro atoms. The summed E-state index contributed by atoms with van der Waals surface area (Å²) in [6.07, 6.45) is 0.203. The fraction of sp³-hybridized carbons (Fsp3) is 0.435. The number of nitrogen functional groups attached to an aromatic ring is 1. The van der Waals surface area contributed by atoms with E-state index in [1.54, 1.807) is 12.1 Å². The SMILES string of the molecule is CC(C)[C@@H](NC(=O)Cn1cc(N)c(=O)nc1-c1ccccc1)C(O)c1nnc(C(C)(C)C)o1. The molecule has 176 valence electrons. The number of hydrogen-bond donors (Lipinski definition) is 3. The van der Waals surface area contributed by atoms with Crippen molar-refractivity contribution in [3.8, 4) is 11.4 Å². The zero-order chi connectivity index (χ0) is 24.3. The summed E-state index contributed by atoms with van der Waals surface area (Å²) >= 11 is 0. The minimum Gasteiger partial charge on any atom is -0.422 e. The molecular formula is C23H30N6O4. The topological polar surface area (TPSA) is 149 Å². The van der Waals surface area contributed by atoms with Gasteiger partial charge in [-0.1, -0.05) is 65.0 Å². The molecule has 0 aliphatic carbocycles. The molecule has 2 atom stereocenters. The van der Waals surface area contributed by atoms with Crippen molar-refractivity contribution in [2.45, 2.75) is 58.7 Å². The quantitative estimate of drug-likeness (QED) is 0.491. The van der Waals surface area contributed by atoms with Gasteiger partial charge in [0.15, 0.2) is 6.10 Å². The van der Waals surface area contributed by atoms with E-state index >= 15 is 0 Å². The summed E-state index contributed by atoms with van der Waals surface area (Å²) < 4.78 is 7.17. The number of carbonyl (C=O) groups excluding carboxylic acids is 1. The maximum atomic E-state index is 13.0. The summed E-state index contributed by atoms with van der Waals surface area (Å²) in [6, 6.07) is 8.35. The first-order valence-electron chi connectivity index (χ1n) is 10.7. The first kappa shape index (κ1) is 24.1. The molecule has 0 aliphatic rings. The highest BCUT2D eigenvalue weighted by molar-refractivity contribution is 5.77. The number of hydrogen-bond acceptors (Lipinski definition) is 8. The van der Waals surface area contributed by atoms with Gasteiger partial charge in [0.05, 0.1) is 6.04 Å². The zero-order valence-corrected chi connectivity index (χ0v) is 19.4. The number of benzene rings is 1. The second kappa shape index (κ2) is 9.53. The van der Waals surface area contributed by atoms with Gasteiger partial charge in [0, 0.05) is 17.2 Å². The second-order valence-corrected chi connectivity index (χ2v) is 9.30. The van der Waals surface area contributed by atoms with E-state index < -0.39 is 23.6 Å². The van der Waals surface area contributed by atoms with Crippen LogP contribution in [0.25, 0.3) is 11.4 Å². The Kier molecular flexibility index (Phi) is 6.97. The summed E-state index contributed by atoms with van der Waals surface area (Å²) in [5.41, 5.74) is 5.43. The van der Waals surface area contributed by atoms with Crippen LogP contribution in [-0.4, -0.2) is 36.8 Å². The highest BCUT2D eigenvalue weighted by atomic mass is 16.4. The van der Waals surface area contributed by atoms with Gasteiger partial charge in [0.1, 0.15) is 18.1 Å². The Morgan fingerprint density at radius 1 is 1.21 bits per heavy atom. The van der Waals surface area contributed by atoms with E-state index in [0.29, 0.717) is 17.3 Å². The van der Waals surface area contributed by atoms with Crippen LogP contribution in [0.2, 0.25) is 0 Å². The van der Waals surface area contributed by atoms with E-state index in [9.17, 15) is 14.7 Å². The number of nitrogens with two attached hydrogens (primary N) is 1. The molecule has 0 aliphatic heterocycles. The summed E-state index contributed by atoms with van der Waals surface area (Å²) in [4.78, 5) is 29.0. The first-order valence-corrected chi connectivity index (χ1v) is 10.7. The Morgan fingerprint density at radius 3 is 2.45 bits per heavy atom. The molecule has 0 saturated carbocycles. The molecule has 0 fully saturated rings. The molecule has 4 N–H and O–H groups in total. The molecule has 2 heterocycles. The predicted octanol–water partition coefficient (Wildman–Crippen LogP) is 2.05. The Morgan fingerprint density at radius 2 is 1.88 bits per heavy atom. The third-order valence-corrected chi connectivity index (χ3v) is 5.09. The van der Waals surface area contributed by atoms with Crippen LogP contribution in [0.15, 0.2) is 45.7 Å². The Bertz CT molecular complexity index is 1160. The van der Waals surface area contributed by atoms with Gasteiger partial charge in [0.25, 0.3) is 5.56 Å². The van der Waals surface area contributed by atoms with Gasteiger partial charge in [0.2, 0.25) is 17.7 Å². The van der Waals surface area contributed by atoms with Crippen LogP contribution in [-0.2, 0) is 16.8 Å². The van der Waals surface area contributed by atoms with E-state index in [1.807, 2.05) is 52.8 Å². The number of aliphatic hydroxyl groups is 1. The predicted molar refractivity (Wildman–Crippen MR) is 123 cm³/mol. The minimum absolute atomic E-state index is 0.0400. The Hall–Kier alpha value is -3.53. The maximum absolute atomic E-state index is 13.0. The molecule has 3 aromatic rings. The van der Waals surface area contributed by atoms with Crippen molar-refractivity contribution in [1.82, 2.24) is 25.1 Å². The standard InChI is InChI=1S/C23H30N6O4/c1-13(2)17(18(31)21-27-28-22(33-21)23(3,4)5)25-16(30)12-29-11-15(24)20(32)26-19(29)14-9-7-6-8-10-14/h6-11,13,17-18,31H,12,24H2,1-5H3,(H,25,30)/t17-,18?/m1/s1. The summed E-state index contributed by atoms with van der Waals surface area (Å²) in [5, 5.41) is 21.7. The largest absolute Gasteiger partial charge is 0.422 e. The number of amides is 1. The second-order valence-electron chi connectivity index (χ2n) is 9.30. The lowest BCUT2D eigenvalue weighted by molar-refractivity contribution is -0.123. The van der Waals surface area contributed by atoms with Crippen LogP contribution in [0.1, 0.15) is 52.5 Å². The van der Waals surface area contributed by atoms with Gasteiger partial charge in [-0.25, -0.2) is 0 Å². The van der Waals surface area contributed by atoms with Crippen LogP contribution >= 0.6 is 0 Å². The van der Waals surface area contributed by atoms with Gasteiger partial charge in [-0.05, 0) is 5.92 Å². The van der Waals surface area contributed by atoms with Gasteiger partial charge in [-0.3, -0.25) is 9.59 Å². The molecule has 2 aromatic heterocycles. The molecule has 1 aromatic carbocycles. The molecule has 33 heavy (non-hydrogen) atoms. The molecule has 0 bridgehead atoms. The third-order valence-electron chi connectivity index (χ3n) is 5.09. The number of anilines is 1. The zero-order valence-electron chi connectivity index (χ0n) is 19.4. The van der Waals surface area contributed by atoms with Crippen molar-refractivity contribution >= 4 is 11.6 Å². The summed E-state index contributed by atoms with van der Waals surface area (Å²) in [7, 11) is 0. The van der Waals surface area contributed by atoms with Crippen LogP contribution in [0.4, 0.5) is 5.69 Å². The van der Waals surface area contributed by atoms with E-state index in [1.165, 1.54) is 10.8 Å². The van der Waals surface area contributed by atoms with E-state index in [2.05, 4.69) is 20.5 Å². The third kappa shape index (κ3) is 5.64. The van der Waals surface area contributed by atoms with E-state index in [-0.39, 0.29) is 29.5 Å². The maximum Gasteiger partial charge on any atom is 0.296 e. The lowest BCUT2D eigenvalue weighted by atomic mass is 9.97. The van der Waals surface area contributed by atoms with E-state index in [4.69, 9.17) is 10.2 Å². The van der Waals surface area contributed by atoms with Gasteiger partial charge in [-0.15, -0.1) is 10.2 Å². The average Bonchev–Trinajstić information content (AvgIpc) is 3.25. The van der Waals surface area contributed by atoms with E-state index in [0.717, 1.165) is 0 Å². The lowest BCUT2D eigenvalue weighted by Gasteiger charge is -2.26. The monoisotopic (exact) mass is 454 g/mol. The van der Waals surface area contributed by atoms with Crippen LogP contribution < -0.4 is 16.6 Å². The number of nitrogens with one attached hydrogen (secondary N) is 1. The van der Waals surface area contributed by atoms with Crippen LogP contribution in [0.3, 0.4) is 0 Å². The molecule has 1 unspecified atom stereocenters. The highest BCUT2D eigenvalue weighted by Crippen LogP contribution is 2.26. The molecule has 10 nitrogen and oxygen atoms in total. The van der Waals surface area contributed by atoms with Gasteiger partial charge >= 0.3 is 0 Å². The molecule has 1 amide bonds. The number of aliphatic hydroxyl groups excluding tert-OH is 1. The average molecular weight is 455 g/mol.